The van der Waals surface area contributed by atoms with Gasteiger partial charge in [0.15, 0.2) is 0 Å². The van der Waals surface area contributed by atoms with Gasteiger partial charge < -0.3 is 5.32 Å². The number of carbonyl (C=O) groups excluding carboxylic acids is 1. The molecule has 1 atom stereocenters. The van der Waals surface area contributed by atoms with Crippen LogP contribution in [0.2, 0.25) is 10.0 Å². The second-order valence-electron chi connectivity index (χ2n) is 4.49. The van der Waals surface area contributed by atoms with Crippen molar-refractivity contribution in [3.8, 4) is 0 Å². The molecular weight excluding hydrogens is 441 g/mol. The summed E-state index contributed by atoms with van der Waals surface area (Å²) in [5, 5.41) is 4.02. The molecule has 1 amide bonds. The first-order chi connectivity index (χ1) is 9.88. The summed E-state index contributed by atoms with van der Waals surface area (Å²) in [5.74, 6) is -0.179. The van der Waals surface area contributed by atoms with E-state index >= 15 is 0 Å². The van der Waals surface area contributed by atoms with Crippen molar-refractivity contribution >= 4 is 61.0 Å². The lowest BCUT2D eigenvalue weighted by Crippen LogP contribution is -2.27. The number of carbonyl (C=O) groups is 1. The molecule has 0 aliphatic carbocycles. The van der Waals surface area contributed by atoms with Crippen molar-refractivity contribution in [1.29, 1.82) is 0 Å². The summed E-state index contributed by atoms with van der Waals surface area (Å²) in [5.41, 5.74) is 1.38. The summed E-state index contributed by atoms with van der Waals surface area (Å²) in [6.45, 7) is 1.87. The smallest absolute Gasteiger partial charge is 0.252 e. The molecule has 0 saturated carbocycles. The lowest BCUT2D eigenvalue weighted by molar-refractivity contribution is 0.0939. The number of rotatable bonds is 3. The van der Waals surface area contributed by atoms with Gasteiger partial charge in [0.05, 0.1) is 11.6 Å². The zero-order valence-corrected chi connectivity index (χ0v) is 15.6. The maximum Gasteiger partial charge on any atom is 0.252 e. The van der Waals surface area contributed by atoms with Crippen LogP contribution in [0.1, 0.15) is 28.9 Å². The highest BCUT2D eigenvalue weighted by molar-refractivity contribution is 9.11. The van der Waals surface area contributed by atoms with E-state index in [9.17, 15) is 4.79 Å². The first kappa shape index (κ1) is 16.8. The molecule has 2 aromatic carbocycles. The van der Waals surface area contributed by atoms with Gasteiger partial charge in [-0.25, -0.2) is 0 Å². The molecule has 6 heteroatoms. The van der Waals surface area contributed by atoms with Gasteiger partial charge in [0, 0.05) is 19.0 Å². The van der Waals surface area contributed by atoms with Crippen LogP contribution in [0.15, 0.2) is 45.3 Å². The maximum atomic E-state index is 12.3. The Kier molecular flexibility index (Phi) is 5.72. The Morgan fingerprint density at radius 2 is 1.86 bits per heavy atom. The predicted octanol–water partition coefficient (Wildman–Crippen LogP) is 6.01. The van der Waals surface area contributed by atoms with Gasteiger partial charge in [-0.3, -0.25) is 4.79 Å². The van der Waals surface area contributed by atoms with Gasteiger partial charge in [-0.05, 0) is 58.7 Å². The third-order valence-electron chi connectivity index (χ3n) is 2.95. The Balaban J connectivity index is 2.20. The van der Waals surface area contributed by atoms with Crippen molar-refractivity contribution < 1.29 is 4.79 Å². The van der Waals surface area contributed by atoms with Crippen LogP contribution in [0.3, 0.4) is 0 Å². The van der Waals surface area contributed by atoms with E-state index in [-0.39, 0.29) is 11.9 Å². The fourth-order valence-corrected chi connectivity index (χ4v) is 3.24. The first-order valence-electron chi connectivity index (χ1n) is 6.09. The average molecular weight is 452 g/mol. The Labute approximate surface area is 150 Å². The number of nitrogens with one attached hydrogen (secondary N) is 1. The number of halogens is 4. The third kappa shape index (κ3) is 4.22. The van der Waals surface area contributed by atoms with Gasteiger partial charge in [0.1, 0.15) is 0 Å². The van der Waals surface area contributed by atoms with Gasteiger partial charge in [-0.1, -0.05) is 45.2 Å². The number of amides is 1. The summed E-state index contributed by atoms with van der Waals surface area (Å²) < 4.78 is 1.57. The van der Waals surface area contributed by atoms with E-state index in [1.165, 1.54) is 0 Å². The van der Waals surface area contributed by atoms with E-state index in [1.54, 1.807) is 18.2 Å². The van der Waals surface area contributed by atoms with Gasteiger partial charge in [0.2, 0.25) is 0 Å². The van der Waals surface area contributed by atoms with E-state index in [2.05, 4.69) is 37.2 Å². The molecular formula is C15H11Br2Cl2NO. The first-order valence-corrected chi connectivity index (χ1v) is 8.43. The highest BCUT2D eigenvalue weighted by Crippen LogP contribution is 2.27. The molecule has 0 heterocycles. The summed E-state index contributed by atoms with van der Waals surface area (Å²) >= 11 is 18.8. The molecule has 110 valence electrons. The lowest BCUT2D eigenvalue weighted by Gasteiger charge is -2.16. The minimum Gasteiger partial charge on any atom is -0.345 e. The largest absolute Gasteiger partial charge is 0.345 e. The molecule has 0 aliphatic heterocycles. The predicted molar refractivity (Wildman–Crippen MR) is 94.2 cm³/mol. The SMILES string of the molecule is CC(NC(=O)c1cc(Br)ccc1Br)c1ccc(Cl)cc1Cl. The van der Waals surface area contributed by atoms with Crippen molar-refractivity contribution in [2.75, 3.05) is 0 Å². The number of hydrogen-bond donors (Lipinski definition) is 1. The summed E-state index contributed by atoms with van der Waals surface area (Å²) in [6, 6.07) is 10.4. The molecule has 0 saturated heterocycles. The monoisotopic (exact) mass is 449 g/mol. The molecule has 0 aromatic heterocycles. The van der Waals surface area contributed by atoms with Gasteiger partial charge in [0.25, 0.3) is 5.91 Å². The zero-order chi connectivity index (χ0) is 15.6. The second-order valence-corrected chi connectivity index (χ2v) is 7.10. The van der Waals surface area contributed by atoms with Crippen LogP contribution in [-0.2, 0) is 0 Å². The average Bonchev–Trinajstić information content (AvgIpc) is 2.41. The fourth-order valence-electron chi connectivity index (χ4n) is 1.88. The molecule has 0 aliphatic rings. The molecule has 0 spiro atoms. The molecule has 1 unspecified atom stereocenters. The fraction of sp³-hybridized carbons (Fsp3) is 0.133. The lowest BCUT2D eigenvalue weighted by atomic mass is 10.1. The molecule has 2 aromatic rings. The van der Waals surface area contributed by atoms with E-state index in [0.717, 1.165) is 14.5 Å². The second kappa shape index (κ2) is 7.14. The highest BCUT2D eigenvalue weighted by Gasteiger charge is 2.16. The van der Waals surface area contributed by atoms with Gasteiger partial charge >= 0.3 is 0 Å². The minimum atomic E-state index is -0.229. The Hall–Kier alpha value is -0.550. The normalized spacial score (nSPS) is 12.0. The van der Waals surface area contributed by atoms with Crippen molar-refractivity contribution in [3.63, 3.8) is 0 Å². The summed E-state index contributed by atoms with van der Waals surface area (Å²) in [6.07, 6.45) is 0. The van der Waals surface area contributed by atoms with Crippen LogP contribution >= 0.6 is 55.1 Å². The quantitative estimate of drug-likeness (QED) is 0.608. The Bertz CT molecular complexity index is 691. The molecule has 0 fully saturated rings. The molecule has 0 radical (unpaired) electrons. The molecule has 1 N–H and O–H groups in total. The summed E-state index contributed by atoms with van der Waals surface area (Å²) in [4.78, 5) is 12.3. The van der Waals surface area contributed by atoms with Crippen molar-refractivity contribution in [2.24, 2.45) is 0 Å². The Morgan fingerprint density at radius 3 is 2.52 bits per heavy atom. The van der Waals surface area contributed by atoms with E-state index in [1.807, 2.05) is 25.1 Å². The summed E-state index contributed by atoms with van der Waals surface area (Å²) in [7, 11) is 0. The topological polar surface area (TPSA) is 29.1 Å². The number of benzene rings is 2. The molecule has 2 nitrogen and oxygen atoms in total. The van der Waals surface area contributed by atoms with Crippen LogP contribution < -0.4 is 5.32 Å². The van der Waals surface area contributed by atoms with Crippen molar-refractivity contribution in [1.82, 2.24) is 5.32 Å². The standard InChI is InChI=1S/C15H11Br2Cl2NO/c1-8(11-4-3-10(18)7-14(11)19)20-15(21)12-6-9(16)2-5-13(12)17/h2-8H,1H3,(H,20,21). The zero-order valence-electron chi connectivity index (χ0n) is 11.0. The van der Waals surface area contributed by atoms with Crippen molar-refractivity contribution in [3.05, 3.63) is 66.5 Å². The van der Waals surface area contributed by atoms with Crippen LogP contribution in [0.5, 0.6) is 0 Å². The van der Waals surface area contributed by atoms with Gasteiger partial charge in [-0.2, -0.15) is 0 Å². The van der Waals surface area contributed by atoms with Crippen molar-refractivity contribution in [2.45, 2.75) is 13.0 Å². The van der Waals surface area contributed by atoms with E-state index in [0.29, 0.717) is 15.6 Å². The third-order valence-corrected chi connectivity index (χ3v) is 4.70. The van der Waals surface area contributed by atoms with Crippen LogP contribution in [0, 0.1) is 0 Å². The van der Waals surface area contributed by atoms with E-state index in [4.69, 9.17) is 23.2 Å². The van der Waals surface area contributed by atoms with Crippen LogP contribution in [0.25, 0.3) is 0 Å². The molecule has 2 rings (SSSR count). The highest BCUT2D eigenvalue weighted by atomic mass is 79.9. The Morgan fingerprint density at radius 1 is 1.14 bits per heavy atom. The molecule has 0 bridgehead atoms. The molecule has 21 heavy (non-hydrogen) atoms. The maximum absolute atomic E-state index is 12.3. The van der Waals surface area contributed by atoms with Crippen LogP contribution in [-0.4, -0.2) is 5.91 Å². The van der Waals surface area contributed by atoms with E-state index < -0.39 is 0 Å². The van der Waals surface area contributed by atoms with Crippen LogP contribution in [0.4, 0.5) is 0 Å². The van der Waals surface area contributed by atoms with Gasteiger partial charge in [-0.15, -0.1) is 0 Å². The number of hydrogen-bond acceptors (Lipinski definition) is 1. The minimum absolute atomic E-state index is 0.179.